The zero-order valence-corrected chi connectivity index (χ0v) is 12.3. The number of benzene rings is 1. The Morgan fingerprint density at radius 1 is 1.30 bits per heavy atom. The molecule has 20 heavy (non-hydrogen) atoms. The molecule has 1 unspecified atom stereocenters. The minimum Gasteiger partial charge on any atom is -0.469 e. The molecule has 0 aliphatic rings. The Morgan fingerprint density at radius 3 is 2.80 bits per heavy atom. The third kappa shape index (κ3) is 3.73. The first kappa shape index (κ1) is 14.4. The average molecular weight is 271 g/mol. The molecule has 0 fully saturated rings. The zero-order chi connectivity index (χ0) is 14.5. The highest BCUT2D eigenvalue weighted by atomic mass is 16.3. The largest absolute Gasteiger partial charge is 0.469 e. The van der Waals surface area contributed by atoms with Gasteiger partial charge in [0, 0.05) is 12.8 Å². The van der Waals surface area contributed by atoms with Gasteiger partial charge in [-0.2, -0.15) is 0 Å². The van der Waals surface area contributed by atoms with Crippen LogP contribution in [0.5, 0.6) is 0 Å². The first-order valence-electron chi connectivity index (χ1n) is 6.95. The van der Waals surface area contributed by atoms with Gasteiger partial charge in [0.2, 0.25) is 5.91 Å². The van der Waals surface area contributed by atoms with E-state index in [1.165, 1.54) is 16.7 Å². The molecule has 3 heteroatoms. The molecule has 3 nitrogen and oxygen atoms in total. The number of hydrogen-bond acceptors (Lipinski definition) is 2. The smallest absolute Gasteiger partial charge is 0.220 e. The summed E-state index contributed by atoms with van der Waals surface area (Å²) in [7, 11) is 0. The average Bonchev–Trinajstić information content (AvgIpc) is 2.92. The van der Waals surface area contributed by atoms with Gasteiger partial charge >= 0.3 is 0 Å². The quantitative estimate of drug-likeness (QED) is 0.900. The van der Waals surface area contributed by atoms with Crippen molar-refractivity contribution in [3.05, 3.63) is 59.0 Å². The van der Waals surface area contributed by atoms with Crippen molar-refractivity contribution in [1.82, 2.24) is 5.32 Å². The fraction of sp³-hybridized carbons (Fsp3) is 0.353. The number of aryl methyl sites for hydroxylation is 3. The molecule has 0 aliphatic carbocycles. The molecule has 1 heterocycles. The van der Waals surface area contributed by atoms with Crippen LogP contribution >= 0.6 is 0 Å². The fourth-order valence-corrected chi connectivity index (χ4v) is 2.31. The van der Waals surface area contributed by atoms with Crippen LogP contribution in [0.25, 0.3) is 0 Å². The van der Waals surface area contributed by atoms with Crippen LogP contribution in [0.2, 0.25) is 0 Å². The van der Waals surface area contributed by atoms with Gasteiger partial charge in [0.25, 0.3) is 0 Å². The normalized spacial score (nSPS) is 12.2. The van der Waals surface area contributed by atoms with Gasteiger partial charge in [-0.1, -0.05) is 23.8 Å². The van der Waals surface area contributed by atoms with Crippen molar-refractivity contribution in [3.8, 4) is 0 Å². The van der Waals surface area contributed by atoms with Crippen molar-refractivity contribution in [2.75, 3.05) is 0 Å². The summed E-state index contributed by atoms with van der Waals surface area (Å²) in [4.78, 5) is 12.0. The second-order valence-corrected chi connectivity index (χ2v) is 5.23. The topological polar surface area (TPSA) is 42.2 Å². The molecule has 1 aromatic heterocycles. The molecular weight excluding hydrogens is 250 g/mol. The van der Waals surface area contributed by atoms with Crippen LogP contribution in [0, 0.1) is 13.8 Å². The van der Waals surface area contributed by atoms with Gasteiger partial charge in [0.1, 0.15) is 5.76 Å². The third-order valence-electron chi connectivity index (χ3n) is 3.46. The SMILES string of the molecule is Cc1ccc(C)c(C(C)NC(=O)CCc2ccco2)c1. The molecule has 0 bridgehead atoms. The maximum absolute atomic E-state index is 12.0. The Kier molecular flexibility index (Phi) is 4.61. The fourth-order valence-electron chi connectivity index (χ4n) is 2.31. The Hall–Kier alpha value is -2.03. The minimum atomic E-state index is 0.0269. The van der Waals surface area contributed by atoms with E-state index in [2.05, 4.69) is 37.4 Å². The molecule has 0 aliphatic heterocycles. The summed E-state index contributed by atoms with van der Waals surface area (Å²) in [5, 5.41) is 3.05. The highest BCUT2D eigenvalue weighted by Crippen LogP contribution is 2.19. The van der Waals surface area contributed by atoms with Crippen LogP contribution < -0.4 is 5.32 Å². The molecule has 0 radical (unpaired) electrons. The number of nitrogens with one attached hydrogen (secondary N) is 1. The molecule has 0 spiro atoms. The van der Waals surface area contributed by atoms with Gasteiger partial charge in [-0.05, 0) is 44.0 Å². The minimum absolute atomic E-state index is 0.0269. The first-order chi connectivity index (χ1) is 9.56. The lowest BCUT2D eigenvalue weighted by Crippen LogP contribution is -2.27. The Labute approximate surface area is 120 Å². The van der Waals surface area contributed by atoms with Gasteiger partial charge in [-0.3, -0.25) is 4.79 Å². The number of carbonyl (C=O) groups is 1. The molecule has 1 N–H and O–H groups in total. The second-order valence-electron chi connectivity index (χ2n) is 5.23. The van der Waals surface area contributed by atoms with Crippen LogP contribution in [-0.4, -0.2) is 5.91 Å². The number of rotatable bonds is 5. The number of hydrogen-bond donors (Lipinski definition) is 1. The maximum atomic E-state index is 12.0. The van der Waals surface area contributed by atoms with Crippen LogP contribution in [0.4, 0.5) is 0 Å². The van der Waals surface area contributed by atoms with Gasteiger partial charge < -0.3 is 9.73 Å². The lowest BCUT2D eigenvalue weighted by Gasteiger charge is -2.17. The number of carbonyl (C=O) groups excluding carboxylic acids is 1. The van der Waals surface area contributed by atoms with Crippen molar-refractivity contribution in [3.63, 3.8) is 0 Å². The van der Waals surface area contributed by atoms with Crippen molar-refractivity contribution < 1.29 is 9.21 Å². The van der Waals surface area contributed by atoms with E-state index in [1.54, 1.807) is 6.26 Å². The van der Waals surface area contributed by atoms with Crippen molar-refractivity contribution in [2.45, 2.75) is 39.7 Å². The van der Waals surface area contributed by atoms with E-state index in [0.29, 0.717) is 12.8 Å². The van der Waals surface area contributed by atoms with Crippen LogP contribution in [0.15, 0.2) is 41.0 Å². The van der Waals surface area contributed by atoms with E-state index < -0.39 is 0 Å². The summed E-state index contributed by atoms with van der Waals surface area (Å²) in [6.45, 7) is 6.15. The van der Waals surface area contributed by atoms with E-state index >= 15 is 0 Å². The monoisotopic (exact) mass is 271 g/mol. The summed E-state index contributed by atoms with van der Waals surface area (Å²) in [6, 6.07) is 10.1. The van der Waals surface area contributed by atoms with Crippen LogP contribution in [-0.2, 0) is 11.2 Å². The van der Waals surface area contributed by atoms with E-state index in [9.17, 15) is 4.79 Å². The first-order valence-corrected chi connectivity index (χ1v) is 6.95. The third-order valence-corrected chi connectivity index (χ3v) is 3.46. The summed E-state index contributed by atoms with van der Waals surface area (Å²) in [5.41, 5.74) is 3.59. The highest BCUT2D eigenvalue weighted by Gasteiger charge is 2.12. The molecule has 0 saturated heterocycles. The molecule has 0 saturated carbocycles. The predicted octanol–water partition coefficient (Wildman–Crippen LogP) is 3.71. The van der Waals surface area contributed by atoms with Crippen LogP contribution in [0.3, 0.4) is 0 Å². The molecule has 1 amide bonds. The van der Waals surface area contributed by atoms with E-state index in [-0.39, 0.29) is 11.9 Å². The molecule has 2 rings (SSSR count). The van der Waals surface area contributed by atoms with E-state index in [1.807, 2.05) is 19.1 Å². The summed E-state index contributed by atoms with van der Waals surface area (Å²) >= 11 is 0. The van der Waals surface area contributed by atoms with Gasteiger partial charge in [0.15, 0.2) is 0 Å². The molecule has 2 aromatic rings. The molecular formula is C17H21NO2. The predicted molar refractivity (Wildman–Crippen MR) is 79.5 cm³/mol. The molecule has 1 atom stereocenters. The van der Waals surface area contributed by atoms with E-state index in [4.69, 9.17) is 4.42 Å². The standard InChI is InChI=1S/C17H21NO2/c1-12-6-7-13(2)16(11-12)14(3)18-17(19)9-8-15-5-4-10-20-15/h4-7,10-11,14H,8-9H2,1-3H3,(H,18,19). The zero-order valence-electron chi connectivity index (χ0n) is 12.3. The van der Waals surface area contributed by atoms with Gasteiger partial charge in [0.05, 0.1) is 12.3 Å². The van der Waals surface area contributed by atoms with E-state index in [0.717, 1.165) is 5.76 Å². The number of amides is 1. The summed E-state index contributed by atoms with van der Waals surface area (Å²) < 4.78 is 5.23. The van der Waals surface area contributed by atoms with Crippen LogP contribution in [0.1, 0.15) is 41.8 Å². The van der Waals surface area contributed by atoms with Crippen molar-refractivity contribution in [1.29, 1.82) is 0 Å². The number of furan rings is 1. The summed E-state index contributed by atoms with van der Waals surface area (Å²) in [6.07, 6.45) is 2.72. The Bertz CT molecular complexity index is 573. The maximum Gasteiger partial charge on any atom is 0.220 e. The molecule has 106 valence electrons. The Morgan fingerprint density at radius 2 is 2.10 bits per heavy atom. The van der Waals surface area contributed by atoms with Crippen molar-refractivity contribution in [2.24, 2.45) is 0 Å². The highest BCUT2D eigenvalue weighted by molar-refractivity contribution is 5.76. The lowest BCUT2D eigenvalue weighted by atomic mass is 10.00. The lowest BCUT2D eigenvalue weighted by molar-refractivity contribution is -0.121. The van der Waals surface area contributed by atoms with Crippen molar-refractivity contribution >= 4 is 5.91 Å². The Balaban J connectivity index is 1.91. The second kappa shape index (κ2) is 6.42. The van der Waals surface area contributed by atoms with Gasteiger partial charge in [-0.25, -0.2) is 0 Å². The summed E-state index contributed by atoms with van der Waals surface area (Å²) in [5.74, 6) is 0.898. The van der Waals surface area contributed by atoms with Gasteiger partial charge in [-0.15, -0.1) is 0 Å². The molecule has 1 aromatic carbocycles.